The molecule has 7 nitrogen and oxygen atoms in total. The first-order valence-electron chi connectivity index (χ1n) is 5.48. The molecule has 88 valence electrons. The molecule has 2 aromatic rings. The summed E-state index contributed by atoms with van der Waals surface area (Å²) in [4.78, 5) is 16.1. The molecule has 0 amide bonds. The minimum Gasteiger partial charge on any atom is -0.460 e. The molecule has 0 aromatic carbocycles. The fourth-order valence-corrected chi connectivity index (χ4v) is 1.54. The van der Waals surface area contributed by atoms with E-state index in [1.165, 1.54) is 6.42 Å². The maximum atomic E-state index is 5.62. The third-order valence-electron chi connectivity index (χ3n) is 2.68. The van der Waals surface area contributed by atoms with Crippen molar-refractivity contribution in [3.05, 3.63) is 18.7 Å². The molecule has 1 fully saturated rings. The van der Waals surface area contributed by atoms with Gasteiger partial charge < -0.3 is 10.5 Å². The van der Waals surface area contributed by atoms with Crippen LogP contribution in [-0.4, -0.2) is 30.6 Å². The van der Waals surface area contributed by atoms with E-state index in [4.69, 9.17) is 10.5 Å². The van der Waals surface area contributed by atoms with Crippen molar-refractivity contribution in [3.8, 4) is 12.0 Å². The largest absolute Gasteiger partial charge is 0.460 e. The van der Waals surface area contributed by atoms with E-state index in [2.05, 4.69) is 19.9 Å². The van der Waals surface area contributed by atoms with Crippen LogP contribution in [0.2, 0.25) is 0 Å². The van der Waals surface area contributed by atoms with E-state index in [-0.39, 0.29) is 18.1 Å². The van der Waals surface area contributed by atoms with E-state index in [1.54, 1.807) is 23.3 Å². The highest BCUT2D eigenvalue weighted by molar-refractivity contribution is 5.25. The molecule has 2 N–H and O–H groups in total. The van der Waals surface area contributed by atoms with Crippen LogP contribution in [-0.2, 0) is 0 Å². The molecule has 0 radical (unpaired) electrons. The van der Waals surface area contributed by atoms with Crippen molar-refractivity contribution in [2.45, 2.75) is 25.4 Å². The summed E-state index contributed by atoms with van der Waals surface area (Å²) >= 11 is 0. The number of aromatic nitrogens is 5. The third-order valence-corrected chi connectivity index (χ3v) is 2.68. The Kier molecular flexibility index (Phi) is 2.36. The number of imidazole rings is 1. The molecular weight excluding hydrogens is 220 g/mol. The second-order valence-electron chi connectivity index (χ2n) is 3.92. The van der Waals surface area contributed by atoms with Crippen LogP contribution in [0, 0.1) is 0 Å². The van der Waals surface area contributed by atoms with Crippen LogP contribution in [0.5, 0.6) is 6.01 Å². The number of hydrogen-bond acceptors (Lipinski definition) is 6. The Balaban J connectivity index is 1.89. The molecule has 0 saturated heterocycles. The lowest BCUT2D eigenvalue weighted by molar-refractivity contribution is 0.108. The number of nitrogens with zero attached hydrogens (tertiary/aromatic N) is 5. The molecule has 2 heterocycles. The Morgan fingerprint density at radius 3 is 2.82 bits per heavy atom. The van der Waals surface area contributed by atoms with Gasteiger partial charge in [0, 0.05) is 12.4 Å². The summed E-state index contributed by atoms with van der Waals surface area (Å²) in [5, 5.41) is 0. The summed E-state index contributed by atoms with van der Waals surface area (Å²) < 4.78 is 7.25. The zero-order chi connectivity index (χ0) is 11.7. The second-order valence-corrected chi connectivity index (χ2v) is 3.92. The third kappa shape index (κ3) is 2.03. The van der Waals surface area contributed by atoms with E-state index in [0.29, 0.717) is 5.95 Å². The van der Waals surface area contributed by atoms with Crippen LogP contribution in [0.15, 0.2) is 18.7 Å². The van der Waals surface area contributed by atoms with Crippen LogP contribution < -0.4 is 10.5 Å². The zero-order valence-electron chi connectivity index (χ0n) is 9.15. The molecule has 1 aliphatic carbocycles. The number of anilines is 1. The molecule has 2 aromatic heterocycles. The van der Waals surface area contributed by atoms with Gasteiger partial charge in [0.15, 0.2) is 0 Å². The van der Waals surface area contributed by atoms with Gasteiger partial charge >= 0.3 is 6.01 Å². The van der Waals surface area contributed by atoms with Gasteiger partial charge in [0.05, 0.1) is 0 Å². The minimum atomic E-state index is 0.151. The molecular formula is C10H12N6O. The molecule has 0 atom stereocenters. The maximum Gasteiger partial charge on any atom is 0.323 e. The number of nitrogens with two attached hydrogens (primary N) is 1. The van der Waals surface area contributed by atoms with Gasteiger partial charge in [0.2, 0.25) is 11.9 Å². The number of hydrogen-bond donors (Lipinski definition) is 1. The van der Waals surface area contributed by atoms with Crippen molar-refractivity contribution in [2.24, 2.45) is 0 Å². The van der Waals surface area contributed by atoms with Gasteiger partial charge in [0.1, 0.15) is 12.4 Å². The zero-order valence-corrected chi connectivity index (χ0v) is 9.15. The lowest BCUT2D eigenvalue weighted by Gasteiger charge is -2.25. The topological polar surface area (TPSA) is 91.7 Å². The van der Waals surface area contributed by atoms with Crippen molar-refractivity contribution in [3.63, 3.8) is 0 Å². The van der Waals surface area contributed by atoms with Gasteiger partial charge in [-0.05, 0) is 19.3 Å². The van der Waals surface area contributed by atoms with Gasteiger partial charge in [-0.2, -0.15) is 15.0 Å². The highest BCUT2D eigenvalue weighted by atomic mass is 16.5. The minimum absolute atomic E-state index is 0.151. The molecule has 0 bridgehead atoms. The quantitative estimate of drug-likeness (QED) is 0.831. The average Bonchev–Trinajstić information content (AvgIpc) is 2.76. The second kappa shape index (κ2) is 4.00. The van der Waals surface area contributed by atoms with E-state index in [1.807, 2.05) is 0 Å². The molecule has 0 unspecified atom stereocenters. The number of nitrogen functional groups attached to an aromatic ring is 1. The van der Waals surface area contributed by atoms with Crippen molar-refractivity contribution in [2.75, 3.05) is 5.73 Å². The fraction of sp³-hybridized carbons (Fsp3) is 0.400. The van der Waals surface area contributed by atoms with Crippen molar-refractivity contribution >= 4 is 5.95 Å². The van der Waals surface area contributed by atoms with Gasteiger partial charge in [-0.15, -0.1) is 0 Å². The Labute approximate surface area is 97.7 Å². The monoisotopic (exact) mass is 232 g/mol. The lowest BCUT2D eigenvalue weighted by atomic mass is 9.96. The highest BCUT2D eigenvalue weighted by Gasteiger charge is 2.21. The van der Waals surface area contributed by atoms with Crippen LogP contribution in [0.4, 0.5) is 5.95 Å². The van der Waals surface area contributed by atoms with Crippen LogP contribution in [0.25, 0.3) is 5.95 Å². The molecule has 17 heavy (non-hydrogen) atoms. The molecule has 3 rings (SSSR count). The van der Waals surface area contributed by atoms with E-state index in [9.17, 15) is 0 Å². The fourth-order valence-electron chi connectivity index (χ4n) is 1.54. The van der Waals surface area contributed by atoms with E-state index >= 15 is 0 Å². The molecule has 0 spiro atoms. The summed E-state index contributed by atoms with van der Waals surface area (Å²) in [5.41, 5.74) is 5.62. The summed E-state index contributed by atoms with van der Waals surface area (Å²) in [6.07, 6.45) is 8.49. The van der Waals surface area contributed by atoms with Crippen molar-refractivity contribution in [1.29, 1.82) is 0 Å². The van der Waals surface area contributed by atoms with E-state index < -0.39 is 0 Å². The number of ether oxygens (including phenoxy) is 1. The average molecular weight is 232 g/mol. The molecule has 1 aliphatic rings. The Morgan fingerprint density at radius 1 is 1.29 bits per heavy atom. The van der Waals surface area contributed by atoms with Gasteiger partial charge in [-0.3, -0.25) is 4.57 Å². The van der Waals surface area contributed by atoms with E-state index in [0.717, 1.165) is 12.8 Å². The molecule has 1 saturated carbocycles. The Hall–Kier alpha value is -2.18. The molecule has 0 aliphatic heterocycles. The first-order chi connectivity index (χ1) is 8.31. The summed E-state index contributed by atoms with van der Waals surface area (Å²) in [7, 11) is 0. The van der Waals surface area contributed by atoms with Gasteiger partial charge in [-0.1, -0.05) is 0 Å². The van der Waals surface area contributed by atoms with Gasteiger partial charge in [-0.25, -0.2) is 4.98 Å². The predicted molar refractivity (Wildman–Crippen MR) is 59.6 cm³/mol. The predicted octanol–water partition coefficient (Wildman–Crippen LogP) is 0.571. The lowest BCUT2D eigenvalue weighted by Crippen LogP contribution is -2.26. The Bertz CT molecular complexity index is 508. The van der Waals surface area contributed by atoms with Gasteiger partial charge in [0.25, 0.3) is 0 Å². The SMILES string of the molecule is Nc1nc(OC2CCC2)nc(-n2ccnc2)n1. The number of rotatable bonds is 3. The van der Waals surface area contributed by atoms with Crippen LogP contribution in [0.1, 0.15) is 19.3 Å². The summed E-state index contributed by atoms with van der Waals surface area (Å²) in [6, 6.07) is 0.283. The first-order valence-corrected chi connectivity index (χ1v) is 5.48. The maximum absolute atomic E-state index is 5.62. The Morgan fingerprint density at radius 2 is 2.18 bits per heavy atom. The van der Waals surface area contributed by atoms with Crippen LogP contribution >= 0.6 is 0 Å². The standard InChI is InChI=1S/C10H12N6O/c11-8-13-9(16-5-4-12-6-16)15-10(14-8)17-7-2-1-3-7/h4-7H,1-3H2,(H2,11,13,14,15). The normalized spacial score (nSPS) is 15.5. The van der Waals surface area contributed by atoms with Crippen molar-refractivity contribution in [1.82, 2.24) is 24.5 Å². The summed E-state index contributed by atoms with van der Waals surface area (Å²) in [6.45, 7) is 0. The smallest absolute Gasteiger partial charge is 0.323 e. The van der Waals surface area contributed by atoms with Crippen molar-refractivity contribution < 1.29 is 4.74 Å². The summed E-state index contributed by atoms with van der Waals surface area (Å²) in [5.74, 6) is 0.572. The van der Waals surface area contributed by atoms with Crippen LogP contribution in [0.3, 0.4) is 0 Å². The highest BCUT2D eigenvalue weighted by Crippen LogP contribution is 2.23. The first kappa shape index (κ1) is 10.0. The molecule has 7 heteroatoms.